The summed E-state index contributed by atoms with van der Waals surface area (Å²) in [7, 11) is 5.62. The molecule has 134 valence electrons. The fourth-order valence-corrected chi connectivity index (χ4v) is 2.37. The molecule has 1 rings (SSSR count). The lowest BCUT2D eigenvalue weighted by atomic mass is 10.2. The smallest absolute Gasteiger partial charge is 0.222 e. The molecule has 0 unspecified atom stereocenters. The van der Waals surface area contributed by atoms with E-state index in [0.29, 0.717) is 26.1 Å². The Hall–Kier alpha value is -2.08. The predicted molar refractivity (Wildman–Crippen MR) is 94.9 cm³/mol. The molecule has 0 spiro atoms. The molecule has 1 aromatic rings. The largest absolute Gasteiger partial charge is 0.496 e. The summed E-state index contributed by atoms with van der Waals surface area (Å²) in [6, 6.07) is 7.58. The normalized spacial score (nSPS) is 10.5. The number of para-hydroxylation sites is 1. The minimum atomic E-state index is -0.0697. The van der Waals surface area contributed by atoms with E-state index in [1.54, 1.807) is 18.9 Å². The van der Waals surface area contributed by atoms with Gasteiger partial charge >= 0.3 is 0 Å². The molecule has 24 heavy (non-hydrogen) atoms. The third kappa shape index (κ3) is 7.46. The molecule has 1 N–H and O–H groups in total. The molecule has 0 aliphatic carbocycles. The lowest BCUT2D eigenvalue weighted by Crippen LogP contribution is -2.35. The van der Waals surface area contributed by atoms with Crippen molar-refractivity contribution in [3.8, 4) is 5.75 Å². The van der Waals surface area contributed by atoms with Crippen molar-refractivity contribution in [3.05, 3.63) is 29.8 Å². The zero-order valence-electron chi connectivity index (χ0n) is 15.2. The molecule has 1 aromatic carbocycles. The summed E-state index contributed by atoms with van der Waals surface area (Å²) in [6.07, 6.45) is 1.20. The Labute approximate surface area is 144 Å². The standard InChI is InChI=1S/C18H29N3O3/c1-15(22)21(12-7-11-20(2)3)13-10-18(23)19-14-16-8-5-6-9-17(16)24-4/h5-6,8-9H,7,10-14H2,1-4H3,(H,19,23). The first-order chi connectivity index (χ1) is 11.4. The Morgan fingerprint density at radius 1 is 1.12 bits per heavy atom. The van der Waals surface area contributed by atoms with Gasteiger partial charge < -0.3 is 19.9 Å². The molecule has 0 atom stereocenters. The number of hydrogen-bond donors (Lipinski definition) is 1. The molecule has 0 radical (unpaired) electrons. The van der Waals surface area contributed by atoms with E-state index in [1.807, 2.05) is 38.4 Å². The van der Waals surface area contributed by atoms with Crippen molar-refractivity contribution in [2.75, 3.05) is 40.8 Å². The van der Waals surface area contributed by atoms with E-state index < -0.39 is 0 Å². The maximum Gasteiger partial charge on any atom is 0.222 e. The lowest BCUT2D eigenvalue weighted by molar-refractivity contribution is -0.129. The Morgan fingerprint density at radius 3 is 2.46 bits per heavy atom. The summed E-state index contributed by atoms with van der Waals surface area (Å²) in [6.45, 7) is 4.00. The van der Waals surface area contributed by atoms with E-state index in [9.17, 15) is 9.59 Å². The number of amides is 2. The van der Waals surface area contributed by atoms with Crippen molar-refractivity contribution >= 4 is 11.8 Å². The summed E-state index contributed by atoms with van der Waals surface area (Å²) in [5.74, 6) is 0.692. The minimum Gasteiger partial charge on any atom is -0.496 e. The van der Waals surface area contributed by atoms with Crippen LogP contribution in [0.25, 0.3) is 0 Å². The second kappa shape index (κ2) is 10.6. The third-order valence-corrected chi connectivity index (χ3v) is 3.76. The summed E-state index contributed by atoms with van der Waals surface area (Å²) in [4.78, 5) is 27.5. The molecule has 2 amide bonds. The van der Waals surface area contributed by atoms with Crippen molar-refractivity contribution in [3.63, 3.8) is 0 Å². The van der Waals surface area contributed by atoms with E-state index in [2.05, 4.69) is 10.2 Å². The molecule has 0 aliphatic rings. The van der Waals surface area contributed by atoms with E-state index in [0.717, 1.165) is 24.3 Å². The van der Waals surface area contributed by atoms with Gasteiger partial charge in [0.2, 0.25) is 11.8 Å². The minimum absolute atomic E-state index is 0.00582. The van der Waals surface area contributed by atoms with Crippen LogP contribution in [0.15, 0.2) is 24.3 Å². The summed E-state index contributed by atoms with van der Waals surface area (Å²) < 4.78 is 5.26. The highest BCUT2D eigenvalue weighted by Gasteiger charge is 2.11. The molecule has 0 heterocycles. The maximum absolute atomic E-state index is 12.0. The van der Waals surface area contributed by atoms with Gasteiger partial charge in [-0.3, -0.25) is 9.59 Å². The fraction of sp³-hybridized carbons (Fsp3) is 0.556. The zero-order valence-corrected chi connectivity index (χ0v) is 15.2. The van der Waals surface area contributed by atoms with Crippen molar-refractivity contribution in [2.24, 2.45) is 0 Å². The van der Waals surface area contributed by atoms with Gasteiger partial charge in [-0.25, -0.2) is 0 Å². The number of ether oxygens (including phenoxy) is 1. The van der Waals surface area contributed by atoms with Gasteiger partial charge in [-0.15, -0.1) is 0 Å². The van der Waals surface area contributed by atoms with Gasteiger partial charge in [-0.1, -0.05) is 18.2 Å². The number of benzene rings is 1. The Kier molecular flexibility index (Phi) is 8.86. The molecule has 0 aliphatic heterocycles. The number of carbonyl (C=O) groups excluding carboxylic acids is 2. The van der Waals surface area contributed by atoms with Crippen LogP contribution in [0.2, 0.25) is 0 Å². The number of carbonyl (C=O) groups is 2. The fourth-order valence-electron chi connectivity index (χ4n) is 2.37. The molecular formula is C18H29N3O3. The highest BCUT2D eigenvalue weighted by atomic mass is 16.5. The summed E-state index contributed by atoms with van der Waals surface area (Å²) >= 11 is 0. The molecule has 0 saturated heterocycles. The van der Waals surface area contributed by atoms with Crippen molar-refractivity contribution in [1.82, 2.24) is 15.1 Å². The van der Waals surface area contributed by atoms with Gasteiger partial charge in [0.1, 0.15) is 5.75 Å². The molecule has 0 saturated carbocycles. The Balaban J connectivity index is 2.38. The quantitative estimate of drug-likeness (QED) is 0.704. The molecule has 0 fully saturated rings. The van der Waals surface area contributed by atoms with Crippen LogP contribution < -0.4 is 10.1 Å². The van der Waals surface area contributed by atoms with Crippen LogP contribution in [0.4, 0.5) is 0 Å². The zero-order chi connectivity index (χ0) is 17.9. The first-order valence-corrected chi connectivity index (χ1v) is 8.23. The molecule has 0 bridgehead atoms. The van der Waals surface area contributed by atoms with E-state index in [-0.39, 0.29) is 11.8 Å². The van der Waals surface area contributed by atoms with Crippen LogP contribution in [0.1, 0.15) is 25.3 Å². The van der Waals surface area contributed by atoms with Crippen LogP contribution in [0.5, 0.6) is 5.75 Å². The van der Waals surface area contributed by atoms with Gasteiger partial charge in [0.15, 0.2) is 0 Å². The highest BCUT2D eigenvalue weighted by Crippen LogP contribution is 2.16. The first-order valence-electron chi connectivity index (χ1n) is 8.23. The average Bonchev–Trinajstić information content (AvgIpc) is 2.55. The molecular weight excluding hydrogens is 306 g/mol. The van der Waals surface area contributed by atoms with Gasteiger partial charge in [0, 0.05) is 38.5 Å². The van der Waals surface area contributed by atoms with E-state index in [4.69, 9.17) is 4.74 Å². The third-order valence-electron chi connectivity index (χ3n) is 3.76. The highest BCUT2D eigenvalue weighted by molar-refractivity contribution is 5.78. The monoisotopic (exact) mass is 335 g/mol. The first kappa shape index (κ1) is 20.0. The van der Waals surface area contributed by atoms with Crippen LogP contribution in [0, 0.1) is 0 Å². The maximum atomic E-state index is 12.0. The SMILES string of the molecule is COc1ccccc1CNC(=O)CCN(CCCN(C)C)C(C)=O. The topological polar surface area (TPSA) is 61.9 Å². The Morgan fingerprint density at radius 2 is 1.83 bits per heavy atom. The van der Waals surface area contributed by atoms with Gasteiger partial charge in [-0.05, 0) is 33.1 Å². The van der Waals surface area contributed by atoms with Crippen LogP contribution >= 0.6 is 0 Å². The number of rotatable bonds is 10. The summed E-state index contributed by atoms with van der Waals surface area (Å²) in [5.41, 5.74) is 0.933. The van der Waals surface area contributed by atoms with E-state index >= 15 is 0 Å². The van der Waals surface area contributed by atoms with Crippen molar-refractivity contribution < 1.29 is 14.3 Å². The predicted octanol–water partition coefficient (Wildman–Crippen LogP) is 1.50. The molecule has 0 aromatic heterocycles. The second-order valence-corrected chi connectivity index (χ2v) is 6.00. The average molecular weight is 335 g/mol. The number of methoxy groups -OCH3 is 1. The number of nitrogens with zero attached hydrogens (tertiary/aromatic N) is 2. The lowest BCUT2D eigenvalue weighted by Gasteiger charge is -2.21. The number of nitrogens with one attached hydrogen (secondary N) is 1. The van der Waals surface area contributed by atoms with Crippen molar-refractivity contribution in [1.29, 1.82) is 0 Å². The molecule has 6 nitrogen and oxygen atoms in total. The van der Waals surface area contributed by atoms with Crippen LogP contribution in [-0.2, 0) is 16.1 Å². The summed E-state index contributed by atoms with van der Waals surface area (Å²) in [5, 5.41) is 2.88. The van der Waals surface area contributed by atoms with Crippen LogP contribution in [-0.4, -0.2) is 62.5 Å². The van der Waals surface area contributed by atoms with Gasteiger partial charge in [0.05, 0.1) is 7.11 Å². The van der Waals surface area contributed by atoms with Gasteiger partial charge in [0.25, 0.3) is 0 Å². The molecule has 6 heteroatoms. The second-order valence-electron chi connectivity index (χ2n) is 6.00. The van der Waals surface area contributed by atoms with Crippen LogP contribution in [0.3, 0.4) is 0 Å². The van der Waals surface area contributed by atoms with Gasteiger partial charge in [-0.2, -0.15) is 0 Å². The van der Waals surface area contributed by atoms with E-state index in [1.165, 1.54) is 0 Å². The Bertz CT molecular complexity index is 532. The van der Waals surface area contributed by atoms with Crippen molar-refractivity contribution in [2.45, 2.75) is 26.3 Å². The number of hydrogen-bond acceptors (Lipinski definition) is 4.